The zero-order valence-corrected chi connectivity index (χ0v) is 31.6. The van der Waals surface area contributed by atoms with Gasteiger partial charge in [-0.25, -0.2) is 0 Å². The summed E-state index contributed by atoms with van der Waals surface area (Å²) in [5.41, 5.74) is 9.92. The van der Waals surface area contributed by atoms with Crippen molar-refractivity contribution < 1.29 is 20.6 Å². The average Bonchev–Trinajstić information content (AvgIpc) is 2.98. The lowest BCUT2D eigenvalue weighted by Gasteiger charge is -2.50. The third kappa shape index (κ3) is 10.4. The molecule has 0 radical (unpaired) electrons. The molecule has 10 heteroatoms. The molecule has 0 saturated carbocycles. The lowest BCUT2D eigenvalue weighted by molar-refractivity contribution is 0.233. The van der Waals surface area contributed by atoms with Crippen molar-refractivity contribution in [2.24, 2.45) is 0 Å². The number of rotatable bonds is 20. The second kappa shape index (κ2) is 18.3. The van der Waals surface area contributed by atoms with Crippen LogP contribution in [-0.2, 0) is 20.6 Å². The summed E-state index contributed by atoms with van der Waals surface area (Å²) >= 11 is 0. The highest BCUT2D eigenvalue weighted by atomic mass is 28.5. The van der Waals surface area contributed by atoms with E-state index in [2.05, 4.69) is 67.5 Å². The third-order valence-corrected chi connectivity index (χ3v) is 29.9. The van der Waals surface area contributed by atoms with Crippen molar-refractivity contribution in [1.29, 1.82) is 0 Å². The van der Waals surface area contributed by atoms with Crippen LogP contribution in [0, 0.1) is 0 Å². The quantitative estimate of drug-likeness (QED) is 0.124. The van der Waals surface area contributed by atoms with Crippen molar-refractivity contribution in [3.8, 4) is 0 Å². The highest BCUT2D eigenvalue weighted by Crippen LogP contribution is 2.41. The molecule has 1 rings (SSSR count). The van der Waals surface area contributed by atoms with Crippen molar-refractivity contribution in [3.63, 3.8) is 0 Å². The van der Waals surface area contributed by atoms with Gasteiger partial charge in [0.25, 0.3) is 0 Å². The van der Waals surface area contributed by atoms with E-state index in [0.29, 0.717) is 0 Å². The second-order valence-electron chi connectivity index (χ2n) is 11.1. The van der Waals surface area contributed by atoms with Crippen LogP contribution >= 0.6 is 0 Å². The van der Waals surface area contributed by atoms with E-state index in [9.17, 15) is 0 Å². The SMILES string of the molecule is C=C[Si]1(CCCC)O[Si](C=C)(CCCC)O[Si](C=C)(CCCC)O[Si](C=C)(CCCC)O[Si](C=C)(CCCC)O1. The van der Waals surface area contributed by atoms with Gasteiger partial charge in [-0.3, -0.25) is 0 Å². The molecule has 230 valence electrons. The smallest absolute Gasteiger partial charge is 0.347 e. The molecule has 0 spiro atoms. The maximum Gasteiger partial charge on any atom is 0.347 e. The Balaban J connectivity index is 4.11. The molecule has 1 aliphatic heterocycles. The van der Waals surface area contributed by atoms with Crippen LogP contribution in [0.5, 0.6) is 0 Å². The van der Waals surface area contributed by atoms with Crippen LogP contribution < -0.4 is 0 Å². The topological polar surface area (TPSA) is 46.2 Å². The fraction of sp³-hybridized carbons (Fsp3) is 0.667. The summed E-state index contributed by atoms with van der Waals surface area (Å²) in [7, 11) is -15.1. The van der Waals surface area contributed by atoms with Crippen LogP contribution in [0.25, 0.3) is 0 Å². The standard InChI is InChI=1S/C30H60O5Si5/c1-11-21-26-36(16-6)31-37(17-7,27-22-12-2)33-39(19-9,29-24-14-4)35-40(20-10,30-25-15-5)34-38(18-8,32-36)28-23-13-3/h16-20H,6-15,21-30H2,1-5H3. The second-order valence-corrected chi connectivity index (χ2v) is 27.8. The number of unbranched alkanes of at least 4 members (excludes halogenated alkanes) is 5. The fourth-order valence-corrected chi connectivity index (χ4v) is 32.2. The summed E-state index contributed by atoms with van der Waals surface area (Å²) in [4.78, 5) is 0. The Morgan fingerprint density at radius 1 is 0.350 bits per heavy atom. The van der Waals surface area contributed by atoms with Crippen LogP contribution in [0.15, 0.2) is 61.4 Å². The predicted octanol–water partition coefficient (Wildman–Crippen LogP) is 9.92. The first kappa shape index (κ1) is 37.6. The molecule has 0 aromatic heterocycles. The van der Waals surface area contributed by atoms with Gasteiger partial charge in [0.2, 0.25) is 0 Å². The Bertz CT molecular complexity index is 644. The zero-order chi connectivity index (χ0) is 30.2. The molecule has 1 saturated heterocycles. The first-order valence-corrected chi connectivity index (χ1v) is 26.3. The van der Waals surface area contributed by atoms with E-state index in [0.717, 1.165) is 94.4 Å². The van der Waals surface area contributed by atoms with Gasteiger partial charge in [-0.15, -0.1) is 32.9 Å². The first-order valence-electron chi connectivity index (χ1n) is 15.8. The van der Waals surface area contributed by atoms with E-state index in [-0.39, 0.29) is 0 Å². The summed E-state index contributed by atoms with van der Waals surface area (Å²) < 4.78 is 36.8. The van der Waals surface area contributed by atoms with E-state index in [1.54, 1.807) is 0 Å². The van der Waals surface area contributed by atoms with Gasteiger partial charge in [0, 0.05) is 0 Å². The summed E-state index contributed by atoms with van der Waals surface area (Å²) in [6, 6.07) is 4.02. The normalized spacial score (nSPS) is 33.1. The van der Waals surface area contributed by atoms with Gasteiger partial charge in [-0.1, -0.05) is 127 Å². The predicted molar refractivity (Wildman–Crippen MR) is 184 cm³/mol. The molecular weight excluding hydrogens is 581 g/mol. The molecule has 1 fully saturated rings. The zero-order valence-electron chi connectivity index (χ0n) is 26.6. The Morgan fingerprint density at radius 3 is 0.600 bits per heavy atom. The first-order chi connectivity index (χ1) is 19.1. The van der Waals surface area contributed by atoms with Crippen LogP contribution in [0.4, 0.5) is 0 Å². The Kier molecular flexibility index (Phi) is 17.2. The van der Waals surface area contributed by atoms with Crippen molar-refractivity contribution in [3.05, 3.63) is 61.4 Å². The van der Waals surface area contributed by atoms with Crippen LogP contribution in [-0.4, -0.2) is 42.8 Å². The highest BCUT2D eigenvalue weighted by molar-refractivity contribution is 6.99. The fourth-order valence-electron chi connectivity index (χ4n) is 5.12. The summed E-state index contributed by atoms with van der Waals surface area (Å²) in [5, 5.41) is 0. The van der Waals surface area contributed by atoms with Crippen molar-refractivity contribution in [1.82, 2.24) is 0 Å². The largest absolute Gasteiger partial charge is 0.409 e. The van der Waals surface area contributed by atoms with Crippen molar-refractivity contribution >= 4 is 42.8 Å². The van der Waals surface area contributed by atoms with E-state index < -0.39 is 42.8 Å². The molecule has 5 nitrogen and oxygen atoms in total. The number of hydrogen-bond donors (Lipinski definition) is 0. The van der Waals surface area contributed by atoms with Crippen LogP contribution in [0.3, 0.4) is 0 Å². The molecule has 0 amide bonds. The van der Waals surface area contributed by atoms with Gasteiger partial charge in [0.1, 0.15) is 0 Å². The Labute approximate surface area is 253 Å². The molecule has 0 aromatic carbocycles. The van der Waals surface area contributed by atoms with Crippen molar-refractivity contribution in [2.45, 2.75) is 129 Å². The van der Waals surface area contributed by atoms with Crippen LogP contribution in [0.2, 0.25) is 30.2 Å². The van der Waals surface area contributed by atoms with Gasteiger partial charge in [-0.2, -0.15) is 0 Å². The molecule has 1 heterocycles. The minimum Gasteiger partial charge on any atom is -0.409 e. The van der Waals surface area contributed by atoms with E-state index in [1.165, 1.54) is 0 Å². The molecule has 0 N–H and O–H groups in total. The molecular formula is C30H60O5Si5. The maximum atomic E-state index is 7.36. The van der Waals surface area contributed by atoms with Gasteiger partial charge in [0.05, 0.1) is 0 Å². The summed E-state index contributed by atoms with van der Waals surface area (Å²) in [6.45, 7) is 32.7. The Hall–Kier alpha value is -0.416. The average molecular weight is 641 g/mol. The van der Waals surface area contributed by atoms with Crippen LogP contribution in [0.1, 0.15) is 98.8 Å². The van der Waals surface area contributed by atoms with Gasteiger partial charge in [0.15, 0.2) is 0 Å². The minimum absolute atomic E-state index is 0.805. The molecule has 0 atom stereocenters. The highest BCUT2D eigenvalue weighted by Gasteiger charge is 2.59. The molecule has 1 aliphatic rings. The van der Waals surface area contributed by atoms with Gasteiger partial charge >= 0.3 is 42.8 Å². The lowest BCUT2D eigenvalue weighted by atomic mass is 10.4. The Morgan fingerprint density at radius 2 is 0.500 bits per heavy atom. The monoisotopic (exact) mass is 640 g/mol. The van der Waals surface area contributed by atoms with Gasteiger partial charge in [-0.05, 0) is 30.2 Å². The molecule has 0 aliphatic carbocycles. The maximum absolute atomic E-state index is 7.36. The van der Waals surface area contributed by atoms with E-state index >= 15 is 0 Å². The molecule has 40 heavy (non-hydrogen) atoms. The van der Waals surface area contributed by atoms with E-state index in [1.807, 2.05) is 28.5 Å². The van der Waals surface area contributed by atoms with Crippen molar-refractivity contribution in [2.75, 3.05) is 0 Å². The minimum atomic E-state index is -3.03. The van der Waals surface area contributed by atoms with Gasteiger partial charge < -0.3 is 20.6 Å². The summed E-state index contributed by atoms with van der Waals surface area (Å²) in [5.74, 6) is 0. The third-order valence-electron chi connectivity index (χ3n) is 7.68. The summed E-state index contributed by atoms with van der Waals surface area (Å²) in [6.07, 6.45) is 10.1. The molecule has 0 unspecified atom stereocenters. The lowest BCUT2D eigenvalue weighted by Crippen LogP contribution is -2.68. The number of hydrogen-bond acceptors (Lipinski definition) is 5. The van der Waals surface area contributed by atoms with E-state index in [4.69, 9.17) is 20.6 Å². The molecule has 0 bridgehead atoms. The molecule has 0 aromatic rings.